The van der Waals surface area contributed by atoms with Crippen molar-refractivity contribution in [2.45, 2.75) is 0 Å². The Labute approximate surface area is 157 Å². The van der Waals surface area contributed by atoms with Gasteiger partial charge in [-0.1, -0.05) is 0 Å². The maximum Gasteiger partial charge on any atom is 0.287 e. The second-order valence-electron chi connectivity index (χ2n) is 5.31. The molecule has 0 radical (unpaired) electrons. The van der Waals surface area contributed by atoms with E-state index < -0.39 is 9.85 Å². The van der Waals surface area contributed by atoms with Crippen LogP contribution in [0.5, 0.6) is 11.6 Å². The Balaban J connectivity index is 1.57. The molecule has 0 amide bonds. The zero-order valence-electron chi connectivity index (χ0n) is 14.1. The van der Waals surface area contributed by atoms with Gasteiger partial charge in [-0.3, -0.25) is 25.7 Å². The van der Waals surface area contributed by atoms with Crippen molar-refractivity contribution in [3.05, 3.63) is 86.7 Å². The Bertz CT molecular complexity index is 1000. The molecule has 28 heavy (non-hydrogen) atoms. The molecule has 0 saturated carbocycles. The number of benzene rings is 1. The monoisotopic (exact) mass is 380 g/mol. The van der Waals surface area contributed by atoms with Crippen LogP contribution in [0, 0.1) is 20.2 Å². The SMILES string of the molecule is O=[N+]([O-])c1ccc(N/N=C/c2ccc(Oc3ccc([N+](=O)[O-])cn3)cc2)nc1. The maximum atomic E-state index is 10.6. The molecule has 2 heterocycles. The normalized spacial score (nSPS) is 10.6. The summed E-state index contributed by atoms with van der Waals surface area (Å²) in [6, 6.07) is 12.4. The van der Waals surface area contributed by atoms with Gasteiger partial charge in [0.2, 0.25) is 5.88 Å². The van der Waals surface area contributed by atoms with Crippen LogP contribution < -0.4 is 10.2 Å². The smallest absolute Gasteiger partial charge is 0.287 e. The molecular formula is C17H12N6O5. The van der Waals surface area contributed by atoms with Crippen LogP contribution in [0.4, 0.5) is 17.2 Å². The summed E-state index contributed by atoms with van der Waals surface area (Å²) < 4.78 is 5.51. The largest absolute Gasteiger partial charge is 0.439 e. The summed E-state index contributed by atoms with van der Waals surface area (Å²) in [5.74, 6) is 1.10. The lowest BCUT2D eigenvalue weighted by Gasteiger charge is -2.04. The first-order valence-corrected chi connectivity index (χ1v) is 7.79. The zero-order valence-corrected chi connectivity index (χ0v) is 14.1. The van der Waals surface area contributed by atoms with Gasteiger partial charge < -0.3 is 4.74 Å². The molecule has 2 aromatic heterocycles. The number of pyridine rings is 2. The number of nitro groups is 2. The van der Waals surface area contributed by atoms with Crippen molar-refractivity contribution >= 4 is 23.4 Å². The van der Waals surface area contributed by atoms with Crippen LogP contribution in [0.15, 0.2) is 66.0 Å². The van der Waals surface area contributed by atoms with Gasteiger partial charge >= 0.3 is 0 Å². The second kappa shape index (κ2) is 8.31. The summed E-state index contributed by atoms with van der Waals surface area (Å²) in [5, 5.41) is 25.2. The molecule has 11 nitrogen and oxygen atoms in total. The number of aromatic nitrogens is 2. The molecule has 0 fully saturated rings. The van der Waals surface area contributed by atoms with E-state index in [9.17, 15) is 20.2 Å². The van der Waals surface area contributed by atoms with E-state index in [-0.39, 0.29) is 17.3 Å². The van der Waals surface area contributed by atoms with Crippen LogP contribution in [0.2, 0.25) is 0 Å². The minimum Gasteiger partial charge on any atom is -0.439 e. The molecule has 1 aromatic carbocycles. The average molecular weight is 380 g/mol. The number of anilines is 1. The van der Waals surface area contributed by atoms with E-state index in [1.807, 2.05) is 0 Å². The fraction of sp³-hybridized carbons (Fsp3) is 0. The summed E-state index contributed by atoms with van der Waals surface area (Å²) in [4.78, 5) is 27.8. The summed E-state index contributed by atoms with van der Waals surface area (Å²) in [5.41, 5.74) is 3.21. The Morgan fingerprint density at radius 1 is 0.893 bits per heavy atom. The standard InChI is InChI=1S/C17H12N6O5/c24-22(25)13-3-7-16(18-10-13)21-20-9-12-1-5-15(6-2-12)28-17-8-4-14(11-19-17)23(26)27/h1-11H,(H,18,21)/b20-9+. The van der Waals surface area contributed by atoms with Crippen molar-refractivity contribution in [2.75, 3.05) is 5.43 Å². The minimum absolute atomic E-state index is 0.104. The highest BCUT2D eigenvalue weighted by atomic mass is 16.6. The molecule has 0 spiro atoms. The van der Waals surface area contributed by atoms with Gasteiger partial charge in [0.1, 0.15) is 24.0 Å². The van der Waals surface area contributed by atoms with Gasteiger partial charge in [0.05, 0.1) is 16.1 Å². The molecular weight excluding hydrogens is 368 g/mol. The lowest BCUT2D eigenvalue weighted by molar-refractivity contribution is -0.385. The van der Waals surface area contributed by atoms with Gasteiger partial charge in [0, 0.05) is 18.2 Å². The van der Waals surface area contributed by atoms with Gasteiger partial charge in [0.25, 0.3) is 11.4 Å². The average Bonchev–Trinajstić information content (AvgIpc) is 2.70. The Morgan fingerprint density at radius 3 is 2.07 bits per heavy atom. The topological polar surface area (TPSA) is 146 Å². The zero-order chi connectivity index (χ0) is 19.9. The summed E-state index contributed by atoms with van der Waals surface area (Å²) in [6.07, 6.45) is 3.79. The fourth-order valence-corrected chi connectivity index (χ4v) is 2.02. The van der Waals surface area contributed by atoms with Crippen molar-refractivity contribution in [2.24, 2.45) is 5.10 Å². The number of ether oxygens (including phenoxy) is 1. The number of nitrogens with zero attached hydrogens (tertiary/aromatic N) is 5. The number of hydrogen-bond donors (Lipinski definition) is 1. The van der Waals surface area contributed by atoms with Crippen LogP contribution >= 0.6 is 0 Å². The molecule has 140 valence electrons. The van der Waals surface area contributed by atoms with Crippen LogP contribution in [0.3, 0.4) is 0 Å². The molecule has 0 aliphatic rings. The molecule has 0 aliphatic carbocycles. The highest BCUT2D eigenvalue weighted by molar-refractivity contribution is 5.80. The third-order valence-electron chi connectivity index (χ3n) is 3.39. The van der Waals surface area contributed by atoms with E-state index in [2.05, 4.69) is 20.5 Å². The van der Waals surface area contributed by atoms with E-state index >= 15 is 0 Å². The van der Waals surface area contributed by atoms with E-state index in [4.69, 9.17) is 4.74 Å². The maximum absolute atomic E-state index is 10.6. The van der Waals surface area contributed by atoms with Gasteiger partial charge in [-0.05, 0) is 35.9 Å². The first-order chi connectivity index (χ1) is 13.5. The van der Waals surface area contributed by atoms with Crippen molar-refractivity contribution in [1.29, 1.82) is 0 Å². The van der Waals surface area contributed by atoms with E-state index in [1.165, 1.54) is 30.5 Å². The van der Waals surface area contributed by atoms with E-state index in [0.29, 0.717) is 11.6 Å². The Kier molecular flexibility index (Phi) is 5.46. The highest BCUT2D eigenvalue weighted by Gasteiger charge is 2.06. The first-order valence-electron chi connectivity index (χ1n) is 7.79. The molecule has 0 atom stereocenters. The number of rotatable bonds is 7. The molecule has 0 aliphatic heterocycles. The fourth-order valence-electron chi connectivity index (χ4n) is 2.02. The molecule has 11 heteroatoms. The van der Waals surface area contributed by atoms with Crippen molar-refractivity contribution < 1.29 is 14.6 Å². The Morgan fingerprint density at radius 2 is 1.54 bits per heavy atom. The molecule has 3 rings (SSSR count). The van der Waals surface area contributed by atoms with Crippen molar-refractivity contribution in [3.63, 3.8) is 0 Å². The van der Waals surface area contributed by atoms with E-state index in [0.717, 1.165) is 18.0 Å². The molecule has 0 saturated heterocycles. The predicted octanol–water partition coefficient (Wildman–Crippen LogP) is 3.53. The van der Waals surface area contributed by atoms with Gasteiger partial charge in [0.15, 0.2) is 0 Å². The molecule has 0 unspecified atom stereocenters. The number of nitrogens with one attached hydrogen (secondary N) is 1. The van der Waals surface area contributed by atoms with Gasteiger partial charge in [-0.2, -0.15) is 5.10 Å². The lowest BCUT2D eigenvalue weighted by Crippen LogP contribution is -1.95. The first kappa shape index (κ1) is 18.4. The van der Waals surface area contributed by atoms with Gasteiger partial charge in [-0.25, -0.2) is 9.97 Å². The summed E-state index contributed by atoms with van der Waals surface area (Å²) >= 11 is 0. The molecule has 1 N–H and O–H groups in total. The van der Waals surface area contributed by atoms with Crippen molar-refractivity contribution in [3.8, 4) is 11.6 Å². The molecule has 3 aromatic rings. The van der Waals surface area contributed by atoms with Crippen LogP contribution in [-0.4, -0.2) is 26.0 Å². The summed E-state index contributed by atoms with van der Waals surface area (Å²) in [6.45, 7) is 0. The summed E-state index contributed by atoms with van der Waals surface area (Å²) in [7, 11) is 0. The third kappa shape index (κ3) is 4.82. The number of hydrazone groups is 1. The van der Waals surface area contributed by atoms with Crippen molar-refractivity contribution in [1.82, 2.24) is 9.97 Å². The van der Waals surface area contributed by atoms with Crippen LogP contribution in [-0.2, 0) is 0 Å². The Hall–Kier alpha value is -4.41. The second-order valence-corrected chi connectivity index (χ2v) is 5.31. The minimum atomic E-state index is -0.537. The number of hydrogen-bond acceptors (Lipinski definition) is 9. The van der Waals surface area contributed by atoms with Crippen LogP contribution in [0.25, 0.3) is 0 Å². The van der Waals surface area contributed by atoms with Gasteiger partial charge in [-0.15, -0.1) is 0 Å². The van der Waals surface area contributed by atoms with E-state index in [1.54, 1.807) is 24.3 Å². The quantitative estimate of drug-likeness (QED) is 0.372. The molecule has 0 bridgehead atoms. The lowest BCUT2D eigenvalue weighted by atomic mass is 10.2. The predicted molar refractivity (Wildman–Crippen MR) is 99.5 cm³/mol. The third-order valence-corrected chi connectivity index (χ3v) is 3.39. The highest BCUT2D eigenvalue weighted by Crippen LogP contribution is 2.21. The van der Waals surface area contributed by atoms with Crippen LogP contribution in [0.1, 0.15) is 5.56 Å².